The van der Waals surface area contributed by atoms with E-state index >= 15 is 0 Å². The highest BCUT2D eigenvalue weighted by molar-refractivity contribution is 6.30. The molecule has 1 aromatic rings. The second-order valence-corrected chi connectivity index (χ2v) is 4.75. The quantitative estimate of drug-likeness (QED) is 0.863. The first-order chi connectivity index (χ1) is 9.04. The van der Waals surface area contributed by atoms with Gasteiger partial charge in [-0.25, -0.2) is 9.78 Å². The van der Waals surface area contributed by atoms with Gasteiger partial charge in [0, 0.05) is 19.7 Å². The third-order valence-electron chi connectivity index (χ3n) is 3.31. The van der Waals surface area contributed by atoms with Gasteiger partial charge in [0.2, 0.25) is 0 Å². The molecule has 1 unspecified atom stereocenters. The summed E-state index contributed by atoms with van der Waals surface area (Å²) >= 11 is 5.89. The van der Waals surface area contributed by atoms with E-state index in [0.717, 1.165) is 25.1 Å². The summed E-state index contributed by atoms with van der Waals surface area (Å²) in [6, 6.07) is 1.78. The highest BCUT2D eigenvalue weighted by Crippen LogP contribution is 2.31. The van der Waals surface area contributed by atoms with Crippen molar-refractivity contribution in [3.63, 3.8) is 0 Å². The minimum Gasteiger partial charge on any atom is -0.493 e. The fourth-order valence-electron chi connectivity index (χ4n) is 2.30. The predicted molar refractivity (Wildman–Crippen MR) is 72.0 cm³/mol. The van der Waals surface area contributed by atoms with Crippen molar-refractivity contribution < 1.29 is 14.6 Å². The van der Waals surface area contributed by atoms with Crippen molar-refractivity contribution in [2.45, 2.75) is 19.0 Å². The fourth-order valence-corrected chi connectivity index (χ4v) is 2.48. The predicted octanol–water partition coefficient (Wildman–Crippen LogP) is 2.28. The molecule has 6 nitrogen and oxygen atoms in total. The number of rotatable bonds is 3. The molecule has 2 heterocycles. The molecule has 1 atom stereocenters. The lowest BCUT2D eigenvalue weighted by Gasteiger charge is -2.32. The molecule has 0 aliphatic carbocycles. The zero-order valence-corrected chi connectivity index (χ0v) is 11.6. The normalized spacial score (nSPS) is 18.5. The maximum atomic E-state index is 11.1. The van der Waals surface area contributed by atoms with E-state index in [1.807, 2.05) is 4.90 Å². The Kier molecular flexibility index (Phi) is 3.99. The van der Waals surface area contributed by atoms with E-state index in [0.29, 0.717) is 10.9 Å². The van der Waals surface area contributed by atoms with E-state index in [4.69, 9.17) is 21.4 Å². The zero-order valence-electron chi connectivity index (χ0n) is 10.8. The van der Waals surface area contributed by atoms with Gasteiger partial charge in [0.05, 0.1) is 19.0 Å². The summed E-state index contributed by atoms with van der Waals surface area (Å²) in [5.74, 6) is 0.489. The number of nitrogens with zero attached hydrogens (tertiary/aromatic N) is 3. The van der Waals surface area contributed by atoms with Crippen LogP contribution in [0.2, 0.25) is 5.15 Å². The summed E-state index contributed by atoms with van der Waals surface area (Å²) in [5.41, 5.74) is 0.817. The lowest BCUT2D eigenvalue weighted by molar-refractivity contribution is 0.140. The molecule has 19 heavy (non-hydrogen) atoms. The molecular weight excluding hydrogens is 270 g/mol. The molecular formula is C12H16ClN3O3. The fraction of sp³-hybridized carbons (Fsp3) is 0.500. The molecule has 1 amide bonds. The van der Waals surface area contributed by atoms with Gasteiger partial charge < -0.3 is 14.7 Å². The molecule has 1 aliphatic heterocycles. The number of hydrogen-bond donors (Lipinski definition) is 1. The van der Waals surface area contributed by atoms with Crippen molar-refractivity contribution in [2.75, 3.05) is 25.6 Å². The smallest absolute Gasteiger partial charge is 0.408 e. The molecule has 1 N–H and O–H groups in total. The molecule has 104 valence electrons. The highest BCUT2D eigenvalue weighted by Gasteiger charge is 2.31. The van der Waals surface area contributed by atoms with E-state index in [1.165, 1.54) is 12.0 Å². The number of pyridine rings is 1. The Morgan fingerprint density at radius 2 is 2.42 bits per heavy atom. The van der Waals surface area contributed by atoms with Gasteiger partial charge >= 0.3 is 6.09 Å². The van der Waals surface area contributed by atoms with Crippen LogP contribution in [0.5, 0.6) is 5.75 Å². The number of halogens is 1. The van der Waals surface area contributed by atoms with Crippen LogP contribution in [0, 0.1) is 0 Å². The van der Waals surface area contributed by atoms with Crippen LogP contribution in [-0.2, 0) is 0 Å². The minimum absolute atomic E-state index is 0.176. The Labute approximate surface area is 116 Å². The van der Waals surface area contributed by atoms with Gasteiger partial charge in [0.25, 0.3) is 0 Å². The highest BCUT2D eigenvalue weighted by atomic mass is 35.5. The molecule has 1 aromatic heterocycles. The minimum atomic E-state index is -0.939. The van der Waals surface area contributed by atoms with Gasteiger partial charge in [-0.1, -0.05) is 11.6 Å². The molecule has 1 saturated heterocycles. The topological polar surface area (TPSA) is 65.9 Å². The van der Waals surface area contributed by atoms with Crippen molar-refractivity contribution >= 4 is 23.4 Å². The standard InChI is InChI=1S/C12H16ClN3O3/c1-15(12(17)18)10-4-3-5-16(10)8-6-9(19-2)11(13)14-7-8/h6-7,10H,3-5H2,1-2H3,(H,17,18). The third kappa shape index (κ3) is 2.68. The Morgan fingerprint density at radius 1 is 1.68 bits per heavy atom. The Hall–Kier alpha value is -1.69. The molecule has 1 aliphatic rings. The van der Waals surface area contributed by atoms with Crippen LogP contribution in [-0.4, -0.2) is 48.0 Å². The van der Waals surface area contributed by atoms with E-state index in [2.05, 4.69) is 4.98 Å². The van der Waals surface area contributed by atoms with Crippen LogP contribution in [0.1, 0.15) is 12.8 Å². The molecule has 0 bridgehead atoms. The number of aromatic nitrogens is 1. The second-order valence-electron chi connectivity index (χ2n) is 4.40. The monoisotopic (exact) mass is 285 g/mol. The second kappa shape index (κ2) is 5.52. The molecule has 7 heteroatoms. The van der Waals surface area contributed by atoms with E-state index in [9.17, 15) is 4.79 Å². The van der Waals surface area contributed by atoms with Crippen LogP contribution in [0.25, 0.3) is 0 Å². The van der Waals surface area contributed by atoms with Crippen molar-refractivity contribution in [3.05, 3.63) is 17.4 Å². The van der Waals surface area contributed by atoms with Gasteiger partial charge in [-0.3, -0.25) is 4.90 Å². The van der Waals surface area contributed by atoms with Crippen molar-refractivity contribution in [3.8, 4) is 5.75 Å². The first-order valence-electron chi connectivity index (χ1n) is 5.96. The summed E-state index contributed by atoms with van der Waals surface area (Å²) < 4.78 is 5.14. The lowest BCUT2D eigenvalue weighted by Crippen LogP contribution is -2.45. The molecule has 0 radical (unpaired) electrons. The SMILES string of the molecule is COc1cc(N2CCCC2N(C)C(=O)O)cnc1Cl. The van der Waals surface area contributed by atoms with Gasteiger partial charge in [-0.05, 0) is 12.8 Å². The number of methoxy groups -OCH3 is 1. The van der Waals surface area contributed by atoms with Gasteiger partial charge in [0.15, 0.2) is 10.9 Å². The van der Waals surface area contributed by atoms with Crippen LogP contribution in [0.15, 0.2) is 12.3 Å². The number of hydrogen-bond acceptors (Lipinski definition) is 4. The Morgan fingerprint density at radius 3 is 3.05 bits per heavy atom. The van der Waals surface area contributed by atoms with Crippen LogP contribution in [0.3, 0.4) is 0 Å². The van der Waals surface area contributed by atoms with E-state index in [-0.39, 0.29) is 6.17 Å². The first kappa shape index (κ1) is 13.7. The number of anilines is 1. The van der Waals surface area contributed by atoms with Crippen molar-refractivity contribution in [1.82, 2.24) is 9.88 Å². The van der Waals surface area contributed by atoms with E-state index < -0.39 is 6.09 Å². The molecule has 0 aromatic carbocycles. The number of amides is 1. The summed E-state index contributed by atoms with van der Waals surface area (Å²) in [4.78, 5) is 18.5. The summed E-state index contributed by atoms with van der Waals surface area (Å²) in [6.45, 7) is 0.786. The maximum Gasteiger partial charge on any atom is 0.408 e. The molecule has 0 spiro atoms. The lowest BCUT2D eigenvalue weighted by atomic mass is 10.3. The number of ether oxygens (including phenoxy) is 1. The Balaban J connectivity index is 2.27. The molecule has 0 saturated carbocycles. The van der Waals surface area contributed by atoms with E-state index in [1.54, 1.807) is 19.3 Å². The van der Waals surface area contributed by atoms with Crippen LogP contribution < -0.4 is 9.64 Å². The average Bonchev–Trinajstić information content (AvgIpc) is 2.87. The molecule has 1 fully saturated rings. The van der Waals surface area contributed by atoms with Crippen LogP contribution in [0.4, 0.5) is 10.5 Å². The maximum absolute atomic E-state index is 11.1. The third-order valence-corrected chi connectivity index (χ3v) is 3.60. The number of carbonyl (C=O) groups is 1. The average molecular weight is 286 g/mol. The summed E-state index contributed by atoms with van der Waals surface area (Å²) in [5, 5.41) is 9.39. The first-order valence-corrected chi connectivity index (χ1v) is 6.34. The summed E-state index contributed by atoms with van der Waals surface area (Å²) in [6.07, 6.45) is 2.26. The number of carboxylic acid groups (broad SMARTS) is 1. The molecule has 2 rings (SSSR count). The Bertz CT molecular complexity index is 483. The van der Waals surface area contributed by atoms with Crippen LogP contribution >= 0.6 is 11.6 Å². The van der Waals surface area contributed by atoms with Gasteiger partial charge in [0.1, 0.15) is 6.17 Å². The summed E-state index contributed by atoms with van der Waals surface area (Å²) in [7, 11) is 3.10. The largest absolute Gasteiger partial charge is 0.493 e. The van der Waals surface area contributed by atoms with Crippen molar-refractivity contribution in [1.29, 1.82) is 0 Å². The van der Waals surface area contributed by atoms with Gasteiger partial charge in [-0.15, -0.1) is 0 Å². The van der Waals surface area contributed by atoms with Gasteiger partial charge in [-0.2, -0.15) is 0 Å². The zero-order chi connectivity index (χ0) is 14.0. The van der Waals surface area contributed by atoms with Crippen molar-refractivity contribution in [2.24, 2.45) is 0 Å².